The highest BCUT2D eigenvalue weighted by Gasteiger charge is 2.25. The molecule has 49 heavy (non-hydrogen) atoms. The summed E-state index contributed by atoms with van der Waals surface area (Å²) in [6.07, 6.45) is 3.98. The van der Waals surface area contributed by atoms with Crippen LogP contribution in [0.3, 0.4) is 0 Å². The van der Waals surface area contributed by atoms with Crippen LogP contribution in [0.5, 0.6) is 5.75 Å². The molecule has 0 saturated heterocycles. The molecule has 0 amide bonds. The Morgan fingerprint density at radius 1 is 0.673 bits per heavy atom. The quantitative estimate of drug-likeness (QED) is 0.0883. The van der Waals surface area contributed by atoms with E-state index in [9.17, 15) is 4.79 Å². The number of carbonyl (C=O) groups is 1. The lowest BCUT2D eigenvalue weighted by Gasteiger charge is -2.23. The zero-order valence-corrected chi connectivity index (χ0v) is 28.5. The summed E-state index contributed by atoms with van der Waals surface area (Å²) in [5.74, 6) is 0.648. The monoisotopic (exact) mass is 652 g/mol. The molecule has 0 bridgehead atoms. The zero-order chi connectivity index (χ0) is 34.0. The number of ether oxygens (including phenoxy) is 4. The summed E-state index contributed by atoms with van der Waals surface area (Å²) >= 11 is 0. The number of hydrogen-bond acceptors (Lipinski definition) is 5. The molecule has 5 heteroatoms. The second-order valence-corrected chi connectivity index (χ2v) is 12.2. The Labute approximate surface area is 290 Å². The fraction of sp³-hybridized carbons (Fsp3) is 0.250. The lowest BCUT2D eigenvalue weighted by molar-refractivity contribution is -0.156. The first kappa shape index (κ1) is 33.9. The minimum atomic E-state index is -0.620. The second kappa shape index (κ2) is 16.4. The summed E-state index contributed by atoms with van der Waals surface area (Å²) < 4.78 is 23.7. The van der Waals surface area contributed by atoms with Gasteiger partial charge in [0.25, 0.3) is 0 Å². The van der Waals surface area contributed by atoms with E-state index in [2.05, 4.69) is 110 Å². The molecule has 0 fully saturated rings. The molecule has 3 unspecified atom stereocenters. The predicted molar refractivity (Wildman–Crippen MR) is 197 cm³/mol. The van der Waals surface area contributed by atoms with Gasteiger partial charge in [0.1, 0.15) is 18.5 Å². The zero-order valence-electron chi connectivity index (χ0n) is 28.5. The Kier molecular flexibility index (Phi) is 11.4. The Balaban J connectivity index is 1.20. The van der Waals surface area contributed by atoms with Crippen LogP contribution in [0.4, 0.5) is 0 Å². The number of hydrogen-bond donors (Lipinski definition) is 0. The van der Waals surface area contributed by atoms with E-state index in [0.29, 0.717) is 32.8 Å². The van der Waals surface area contributed by atoms with E-state index in [1.807, 2.05) is 37.3 Å². The number of esters is 1. The molecule has 1 aliphatic rings. The van der Waals surface area contributed by atoms with E-state index in [0.717, 1.165) is 33.6 Å². The Morgan fingerprint density at radius 3 is 2.14 bits per heavy atom. The Hall–Kier alpha value is -4.97. The molecule has 0 aromatic heterocycles. The molecule has 5 aromatic carbocycles. The predicted octanol–water partition coefficient (Wildman–Crippen LogP) is 9.68. The lowest BCUT2D eigenvalue weighted by Crippen LogP contribution is -2.28. The van der Waals surface area contributed by atoms with Gasteiger partial charge in [-0.2, -0.15) is 0 Å². The van der Waals surface area contributed by atoms with Crippen LogP contribution in [0.25, 0.3) is 23.3 Å². The normalized spacial score (nSPS) is 14.6. The standard InChI is InChI=1S/C44H44O5/c1-4-46-42(44(45)47-5-2)28-32-16-23-39(24-17-32)48-26-27-49-43-40-25-22-37(34-14-10-7-11-15-34)29-38(40)21-19-35-18-20-36(30-41(35)43)31(3)33-12-8-6-9-13-33/h6-25,29-31,42-43H,4-5,26-28H2,1-3H3. The first-order valence-corrected chi connectivity index (χ1v) is 17.2. The molecule has 0 aliphatic heterocycles. The summed E-state index contributed by atoms with van der Waals surface area (Å²) in [5.41, 5.74) is 10.4. The third-order valence-electron chi connectivity index (χ3n) is 9.01. The van der Waals surface area contributed by atoms with Gasteiger partial charge in [-0.25, -0.2) is 4.79 Å². The van der Waals surface area contributed by atoms with Gasteiger partial charge in [0.2, 0.25) is 0 Å². The van der Waals surface area contributed by atoms with Crippen LogP contribution in [-0.2, 0) is 25.4 Å². The first-order chi connectivity index (χ1) is 24.0. The molecular weight excluding hydrogens is 608 g/mol. The molecule has 3 atom stereocenters. The highest BCUT2D eigenvalue weighted by molar-refractivity contribution is 5.79. The van der Waals surface area contributed by atoms with E-state index in [4.69, 9.17) is 18.9 Å². The molecule has 6 rings (SSSR count). The average molecular weight is 653 g/mol. The van der Waals surface area contributed by atoms with Crippen LogP contribution in [0.1, 0.15) is 71.7 Å². The van der Waals surface area contributed by atoms with Gasteiger partial charge < -0.3 is 18.9 Å². The summed E-state index contributed by atoms with van der Waals surface area (Å²) in [5, 5.41) is 0. The van der Waals surface area contributed by atoms with E-state index < -0.39 is 6.10 Å². The first-order valence-electron chi connectivity index (χ1n) is 17.2. The van der Waals surface area contributed by atoms with E-state index in [-0.39, 0.29) is 18.0 Å². The minimum absolute atomic E-state index is 0.242. The molecule has 0 radical (unpaired) electrons. The maximum atomic E-state index is 12.3. The smallest absolute Gasteiger partial charge is 0.335 e. The Bertz CT molecular complexity index is 1850. The highest BCUT2D eigenvalue weighted by atomic mass is 16.6. The molecule has 0 spiro atoms. The van der Waals surface area contributed by atoms with Gasteiger partial charge in [0.05, 0.1) is 13.2 Å². The number of benzene rings is 5. The van der Waals surface area contributed by atoms with Crippen molar-refractivity contribution in [2.24, 2.45) is 0 Å². The van der Waals surface area contributed by atoms with Gasteiger partial charge in [0.15, 0.2) is 6.10 Å². The fourth-order valence-electron chi connectivity index (χ4n) is 6.38. The largest absolute Gasteiger partial charge is 0.491 e. The van der Waals surface area contributed by atoms with Crippen LogP contribution in [0.2, 0.25) is 0 Å². The van der Waals surface area contributed by atoms with Crippen molar-refractivity contribution in [1.82, 2.24) is 0 Å². The van der Waals surface area contributed by atoms with Gasteiger partial charge in [0, 0.05) is 18.9 Å². The van der Waals surface area contributed by atoms with Crippen molar-refractivity contribution in [2.45, 2.75) is 45.3 Å². The third kappa shape index (κ3) is 8.37. The fourth-order valence-corrected chi connectivity index (χ4v) is 6.38. The molecule has 5 nitrogen and oxygen atoms in total. The van der Waals surface area contributed by atoms with Gasteiger partial charge in [-0.05, 0) is 82.1 Å². The van der Waals surface area contributed by atoms with Crippen molar-refractivity contribution in [2.75, 3.05) is 26.4 Å². The molecular formula is C44H44O5. The second-order valence-electron chi connectivity index (χ2n) is 12.2. The van der Waals surface area contributed by atoms with Gasteiger partial charge in [-0.15, -0.1) is 0 Å². The Morgan fingerprint density at radius 2 is 1.41 bits per heavy atom. The molecule has 5 aromatic rings. The van der Waals surface area contributed by atoms with Crippen LogP contribution in [0.15, 0.2) is 121 Å². The van der Waals surface area contributed by atoms with Gasteiger partial charge >= 0.3 is 5.97 Å². The van der Waals surface area contributed by atoms with E-state index >= 15 is 0 Å². The topological polar surface area (TPSA) is 54.0 Å². The van der Waals surface area contributed by atoms with E-state index in [1.165, 1.54) is 22.3 Å². The number of fused-ring (bicyclic) bond motifs is 2. The summed E-state index contributed by atoms with van der Waals surface area (Å²) in [6.45, 7) is 7.49. The summed E-state index contributed by atoms with van der Waals surface area (Å²) in [7, 11) is 0. The molecule has 0 heterocycles. The van der Waals surface area contributed by atoms with Crippen molar-refractivity contribution in [3.8, 4) is 16.9 Å². The molecule has 0 N–H and O–H groups in total. The van der Waals surface area contributed by atoms with Gasteiger partial charge in [-0.3, -0.25) is 0 Å². The maximum Gasteiger partial charge on any atom is 0.335 e. The van der Waals surface area contributed by atoms with Crippen LogP contribution in [-0.4, -0.2) is 38.5 Å². The number of carbonyl (C=O) groups excluding carboxylic acids is 1. The number of rotatable bonds is 14. The molecule has 0 saturated carbocycles. The molecule has 250 valence electrons. The maximum absolute atomic E-state index is 12.3. The van der Waals surface area contributed by atoms with Crippen LogP contribution < -0.4 is 4.74 Å². The van der Waals surface area contributed by atoms with Crippen LogP contribution in [0, 0.1) is 0 Å². The van der Waals surface area contributed by atoms with Crippen molar-refractivity contribution in [3.05, 3.63) is 160 Å². The average Bonchev–Trinajstić information content (AvgIpc) is 3.30. The van der Waals surface area contributed by atoms with Crippen molar-refractivity contribution in [1.29, 1.82) is 0 Å². The SMILES string of the molecule is CCOC(=O)C(Cc1ccc(OCCOC2c3ccc(-c4ccccc4)cc3C=Cc3ccc(C(C)c4ccccc4)cc32)cc1)OCC. The summed E-state index contributed by atoms with van der Waals surface area (Å²) in [4.78, 5) is 12.3. The van der Waals surface area contributed by atoms with Crippen molar-refractivity contribution < 1.29 is 23.7 Å². The molecule has 1 aliphatic carbocycles. The van der Waals surface area contributed by atoms with Crippen molar-refractivity contribution in [3.63, 3.8) is 0 Å². The third-order valence-corrected chi connectivity index (χ3v) is 9.01. The highest BCUT2D eigenvalue weighted by Crippen LogP contribution is 2.39. The lowest BCUT2D eigenvalue weighted by atomic mass is 9.88. The van der Waals surface area contributed by atoms with Crippen LogP contribution >= 0.6 is 0 Å². The minimum Gasteiger partial charge on any atom is -0.491 e. The van der Waals surface area contributed by atoms with E-state index in [1.54, 1.807) is 6.92 Å². The summed E-state index contributed by atoms with van der Waals surface area (Å²) in [6, 6.07) is 42.3. The van der Waals surface area contributed by atoms with Crippen molar-refractivity contribution >= 4 is 18.1 Å². The van der Waals surface area contributed by atoms with Gasteiger partial charge in [-0.1, -0.05) is 122 Å².